The van der Waals surface area contributed by atoms with Gasteiger partial charge in [-0.15, -0.1) is 11.3 Å². The van der Waals surface area contributed by atoms with E-state index in [1.165, 1.54) is 5.56 Å². The van der Waals surface area contributed by atoms with Crippen LogP contribution in [-0.2, 0) is 11.2 Å². The normalized spacial score (nSPS) is 10.8. The lowest BCUT2D eigenvalue weighted by Crippen LogP contribution is -2.23. The summed E-state index contributed by atoms with van der Waals surface area (Å²) in [7, 11) is 1.65. The molecule has 1 heterocycles. The SMILES string of the molecule is COc1ccc(CCNC(=O)/C=C/c2ccc(Br)s2)cc1. The fourth-order valence-electron chi connectivity index (χ4n) is 1.76. The fraction of sp³-hybridized carbons (Fsp3) is 0.188. The third kappa shape index (κ3) is 5.36. The highest BCUT2D eigenvalue weighted by molar-refractivity contribution is 9.11. The van der Waals surface area contributed by atoms with Crippen molar-refractivity contribution >= 4 is 39.2 Å². The van der Waals surface area contributed by atoms with E-state index >= 15 is 0 Å². The van der Waals surface area contributed by atoms with Crippen molar-refractivity contribution in [1.82, 2.24) is 5.32 Å². The van der Waals surface area contributed by atoms with Crippen LogP contribution in [-0.4, -0.2) is 19.6 Å². The van der Waals surface area contributed by atoms with E-state index in [0.717, 1.165) is 20.8 Å². The standard InChI is InChI=1S/C16H16BrNO2S/c1-20-13-4-2-12(3-5-13)10-11-18-16(19)9-7-14-6-8-15(17)21-14/h2-9H,10-11H2,1H3,(H,18,19)/b9-7+. The maximum absolute atomic E-state index is 11.7. The molecule has 0 saturated heterocycles. The highest BCUT2D eigenvalue weighted by atomic mass is 79.9. The van der Waals surface area contributed by atoms with E-state index in [1.54, 1.807) is 24.5 Å². The van der Waals surface area contributed by atoms with Gasteiger partial charge in [0, 0.05) is 17.5 Å². The molecule has 5 heteroatoms. The number of halogens is 1. The van der Waals surface area contributed by atoms with Crippen LogP contribution in [0.25, 0.3) is 6.08 Å². The molecule has 0 radical (unpaired) electrons. The molecule has 0 atom stereocenters. The van der Waals surface area contributed by atoms with Gasteiger partial charge >= 0.3 is 0 Å². The van der Waals surface area contributed by atoms with Crippen molar-refractivity contribution in [2.24, 2.45) is 0 Å². The molecule has 0 aliphatic carbocycles. The molecule has 0 spiro atoms. The molecule has 110 valence electrons. The second-order valence-corrected chi connectivity index (χ2v) is 6.86. The Morgan fingerprint density at radius 3 is 2.67 bits per heavy atom. The number of methoxy groups -OCH3 is 1. The molecule has 0 saturated carbocycles. The van der Waals surface area contributed by atoms with Gasteiger partial charge in [-0.3, -0.25) is 4.79 Å². The van der Waals surface area contributed by atoms with Gasteiger partial charge in [-0.05, 0) is 58.3 Å². The molecule has 1 aromatic heterocycles. The van der Waals surface area contributed by atoms with Crippen molar-refractivity contribution in [2.45, 2.75) is 6.42 Å². The number of thiophene rings is 1. The van der Waals surface area contributed by atoms with Gasteiger partial charge in [-0.1, -0.05) is 12.1 Å². The number of benzene rings is 1. The van der Waals surface area contributed by atoms with Crippen molar-refractivity contribution in [2.75, 3.05) is 13.7 Å². The van der Waals surface area contributed by atoms with Crippen LogP contribution in [0.15, 0.2) is 46.3 Å². The molecule has 1 aromatic carbocycles. The first-order valence-electron chi connectivity index (χ1n) is 6.51. The lowest BCUT2D eigenvalue weighted by molar-refractivity contribution is -0.116. The van der Waals surface area contributed by atoms with E-state index in [9.17, 15) is 4.79 Å². The van der Waals surface area contributed by atoms with Gasteiger partial charge in [0.25, 0.3) is 0 Å². The molecule has 21 heavy (non-hydrogen) atoms. The van der Waals surface area contributed by atoms with Gasteiger partial charge in [0.2, 0.25) is 5.91 Å². The number of hydrogen-bond donors (Lipinski definition) is 1. The van der Waals surface area contributed by atoms with Gasteiger partial charge in [0.05, 0.1) is 10.9 Å². The molecule has 3 nitrogen and oxygen atoms in total. The summed E-state index contributed by atoms with van der Waals surface area (Å²) in [6, 6.07) is 11.8. The number of nitrogens with one attached hydrogen (secondary N) is 1. The second-order valence-electron chi connectivity index (χ2n) is 4.36. The van der Waals surface area contributed by atoms with Crippen LogP contribution in [0.1, 0.15) is 10.4 Å². The van der Waals surface area contributed by atoms with Crippen LogP contribution in [0, 0.1) is 0 Å². The van der Waals surface area contributed by atoms with E-state index in [2.05, 4.69) is 21.2 Å². The van der Waals surface area contributed by atoms with Crippen LogP contribution in [0.4, 0.5) is 0 Å². The summed E-state index contributed by atoms with van der Waals surface area (Å²) >= 11 is 4.98. The maximum atomic E-state index is 11.7. The average Bonchev–Trinajstić information content (AvgIpc) is 2.91. The number of ether oxygens (including phenoxy) is 1. The maximum Gasteiger partial charge on any atom is 0.244 e. The van der Waals surface area contributed by atoms with Gasteiger partial charge in [-0.2, -0.15) is 0 Å². The van der Waals surface area contributed by atoms with Crippen molar-refractivity contribution in [1.29, 1.82) is 0 Å². The first-order valence-corrected chi connectivity index (χ1v) is 8.12. The molecule has 1 amide bonds. The monoisotopic (exact) mass is 365 g/mol. The van der Waals surface area contributed by atoms with E-state index in [4.69, 9.17) is 4.74 Å². The Hall–Kier alpha value is -1.59. The Balaban J connectivity index is 1.74. The summed E-state index contributed by atoms with van der Waals surface area (Å²) in [5.74, 6) is 0.765. The van der Waals surface area contributed by atoms with Crippen LogP contribution in [0.2, 0.25) is 0 Å². The lowest BCUT2D eigenvalue weighted by Gasteiger charge is -2.04. The molecule has 0 aliphatic heterocycles. The van der Waals surface area contributed by atoms with Crippen LogP contribution in [0.5, 0.6) is 5.75 Å². The van der Waals surface area contributed by atoms with Crippen molar-refractivity contribution < 1.29 is 9.53 Å². The van der Waals surface area contributed by atoms with Crippen molar-refractivity contribution in [3.05, 3.63) is 56.7 Å². The zero-order valence-electron chi connectivity index (χ0n) is 11.6. The van der Waals surface area contributed by atoms with Crippen molar-refractivity contribution in [3.8, 4) is 5.75 Å². The van der Waals surface area contributed by atoms with Gasteiger partial charge in [0.1, 0.15) is 5.75 Å². The molecule has 0 bridgehead atoms. The van der Waals surface area contributed by atoms with Gasteiger partial charge in [0.15, 0.2) is 0 Å². The molecule has 0 fully saturated rings. The lowest BCUT2D eigenvalue weighted by atomic mass is 10.1. The Bertz CT molecular complexity index is 619. The quantitative estimate of drug-likeness (QED) is 0.788. The molecule has 0 unspecified atom stereocenters. The third-order valence-corrected chi connectivity index (χ3v) is 4.45. The summed E-state index contributed by atoms with van der Waals surface area (Å²) < 4.78 is 6.16. The van der Waals surface area contributed by atoms with Crippen LogP contribution >= 0.6 is 27.3 Å². The number of amides is 1. The summed E-state index contributed by atoms with van der Waals surface area (Å²) in [6.07, 6.45) is 4.18. The second kappa shape index (κ2) is 8.00. The van der Waals surface area contributed by atoms with E-state index in [0.29, 0.717) is 6.54 Å². The Morgan fingerprint density at radius 1 is 1.29 bits per heavy atom. The average molecular weight is 366 g/mol. The molecule has 2 aromatic rings. The van der Waals surface area contributed by atoms with Gasteiger partial charge < -0.3 is 10.1 Å². The Labute approximate surface area is 136 Å². The molecule has 2 rings (SSSR count). The third-order valence-electron chi connectivity index (χ3n) is 2.86. The van der Waals surface area contributed by atoms with Crippen LogP contribution in [0.3, 0.4) is 0 Å². The minimum Gasteiger partial charge on any atom is -0.497 e. The number of hydrogen-bond acceptors (Lipinski definition) is 3. The Kier molecular flexibility index (Phi) is 6.02. The van der Waals surface area contributed by atoms with Crippen LogP contribution < -0.4 is 10.1 Å². The van der Waals surface area contributed by atoms with E-state index in [-0.39, 0.29) is 5.91 Å². The van der Waals surface area contributed by atoms with Gasteiger partial charge in [-0.25, -0.2) is 0 Å². The topological polar surface area (TPSA) is 38.3 Å². The zero-order chi connectivity index (χ0) is 15.1. The molecular weight excluding hydrogens is 350 g/mol. The molecule has 1 N–H and O–H groups in total. The highest BCUT2D eigenvalue weighted by Crippen LogP contribution is 2.22. The number of carbonyl (C=O) groups excluding carboxylic acids is 1. The first kappa shape index (κ1) is 15.8. The van der Waals surface area contributed by atoms with Crippen molar-refractivity contribution in [3.63, 3.8) is 0 Å². The number of carbonyl (C=O) groups is 1. The zero-order valence-corrected chi connectivity index (χ0v) is 14.0. The minimum atomic E-state index is -0.0759. The smallest absolute Gasteiger partial charge is 0.244 e. The number of rotatable bonds is 6. The fourth-order valence-corrected chi connectivity index (χ4v) is 3.08. The summed E-state index contributed by atoms with van der Waals surface area (Å²) in [5, 5.41) is 2.87. The predicted molar refractivity (Wildman–Crippen MR) is 90.8 cm³/mol. The summed E-state index contributed by atoms with van der Waals surface area (Å²) in [5.41, 5.74) is 1.17. The predicted octanol–water partition coefficient (Wildman–Crippen LogP) is 3.89. The largest absolute Gasteiger partial charge is 0.497 e. The molecular formula is C16H16BrNO2S. The van der Waals surface area contributed by atoms with E-state index < -0.39 is 0 Å². The minimum absolute atomic E-state index is 0.0759. The Morgan fingerprint density at radius 2 is 2.05 bits per heavy atom. The summed E-state index contributed by atoms with van der Waals surface area (Å²) in [6.45, 7) is 0.615. The highest BCUT2D eigenvalue weighted by Gasteiger charge is 1.98. The summed E-state index contributed by atoms with van der Waals surface area (Å²) in [4.78, 5) is 12.7. The molecule has 0 aliphatic rings. The first-order chi connectivity index (χ1) is 10.2. The van der Waals surface area contributed by atoms with E-state index in [1.807, 2.05) is 42.5 Å².